The van der Waals surface area contributed by atoms with Gasteiger partial charge in [0.1, 0.15) is 5.75 Å². The standard InChI is InChI=1S/C13H10INO4S/c14-11-5-8(7-20-11)13(18)15-9-3-1-2-4-10(9)19-6-12(16)17/h1-5,7H,6H2,(H,15,18)(H,16,17). The van der Waals surface area contributed by atoms with Crippen molar-refractivity contribution in [2.75, 3.05) is 11.9 Å². The summed E-state index contributed by atoms with van der Waals surface area (Å²) in [6, 6.07) is 8.49. The van der Waals surface area contributed by atoms with Crippen LogP contribution in [-0.4, -0.2) is 23.6 Å². The summed E-state index contributed by atoms with van der Waals surface area (Å²) in [7, 11) is 0. The molecule has 104 valence electrons. The van der Waals surface area contributed by atoms with E-state index in [1.54, 1.807) is 35.7 Å². The lowest BCUT2D eigenvalue weighted by Gasteiger charge is -2.10. The number of hydrogen-bond donors (Lipinski definition) is 2. The highest BCUT2D eigenvalue weighted by atomic mass is 127. The van der Waals surface area contributed by atoms with E-state index in [9.17, 15) is 9.59 Å². The van der Waals surface area contributed by atoms with E-state index >= 15 is 0 Å². The fourth-order valence-electron chi connectivity index (χ4n) is 1.46. The fraction of sp³-hybridized carbons (Fsp3) is 0.0769. The highest BCUT2D eigenvalue weighted by Crippen LogP contribution is 2.25. The van der Waals surface area contributed by atoms with Crippen LogP contribution >= 0.6 is 33.9 Å². The number of rotatable bonds is 5. The molecule has 7 heteroatoms. The molecule has 0 saturated carbocycles. The SMILES string of the molecule is O=C(O)COc1ccccc1NC(=O)c1csc(I)c1. The normalized spacial score (nSPS) is 10.1. The van der Waals surface area contributed by atoms with Crippen LogP contribution in [0.4, 0.5) is 5.69 Å². The van der Waals surface area contributed by atoms with Crippen LogP contribution in [0.3, 0.4) is 0 Å². The van der Waals surface area contributed by atoms with Crippen LogP contribution in [0, 0.1) is 2.88 Å². The lowest BCUT2D eigenvalue weighted by Crippen LogP contribution is -2.14. The van der Waals surface area contributed by atoms with Gasteiger partial charge in [-0.25, -0.2) is 4.79 Å². The second-order valence-electron chi connectivity index (χ2n) is 3.77. The smallest absolute Gasteiger partial charge is 0.341 e. The van der Waals surface area contributed by atoms with E-state index in [-0.39, 0.29) is 5.91 Å². The van der Waals surface area contributed by atoms with Crippen LogP contribution in [0.2, 0.25) is 0 Å². The summed E-state index contributed by atoms with van der Waals surface area (Å²) in [6.45, 7) is -0.455. The van der Waals surface area contributed by atoms with Gasteiger partial charge in [0.05, 0.1) is 14.1 Å². The number of ether oxygens (including phenoxy) is 1. The molecule has 0 aliphatic rings. The number of halogens is 1. The molecule has 0 atom stereocenters. The van der Waals surface area contributed by atoms with Crippen LogP contribution in [0.1, 0.15) is 10.4 Å². The number of carbonyl (C=O) groups is 2. The van der Waals surface area contributed by atoms with Gasteiger partial charge in [-0.1, -0.05) is 12.1 Å². The average Bonchev–Trinajstić information content (AvgIpc) is 2.84. The van der Waals surface area contributed by atoms with Crippen molar-refractivity contribution in [3.05, 3.63) is 44.2 Å². The number of benzene rings is 1. The second kappa shape index (κ2) is 6.71. The Morgan fingerprint density at radius 1 is 1.35 bits per heavy atom. The number of carbonyl (C=O) groups excluding carboxylic acids is 1. The molecule has 0 spiro atoms. The number of aliphatic carboxylic acids is 1. The second-order valence-corrected chi connectivity index (χ2v) is 6.58. The minimum Gasteiger partial charge on any atom is -0.480 e. The van der Waals surface area contributed by atoms with Gasteiger partial charge in [0, 0.05) is 5.38 Å². The zero-order chi connectivity index (χ0) is 14.5. The van der Waals surface area contributed by atoms with Gasteiger partial charge < -0.3 is 15.2 Å². The summed E-state index contributed by atoms with van der Waals surface area (Å²) < 4.78 is 6.14. The minimum absolute atomic E-state index is 0.254. The van der Waals surface area contributed by atoms with Gasteiger partial charge >= 0.3 is 5.97 Å². The summed E-state index contributed by atoms with van der Waals surface area (Å²) in [4.78, 5) is 22.6. The zero-order valence-corrected chi connectivity index (χ0v) is 13.1. The monoisotopic (exact) mass is 403 g/mol. The van der Waals surface area contributed by atoms with E-state index in [4.69, 9.17) is 9.84 Å². The molecular formula is C13H10INO4S. The molecule has 1 heterocycles. The average molecular weight is 403 g/mol. The summed E-state index contributed by atoms with van der Waals surface area (Å²) in [5, 5.41) is 13.1. The minimum atomic E-state index is -1.07. The quantitative estimate of drug-likeness (QED) is 0.753. The van der Waals surface area contributed by atoms with Gasteiger partial charge in [0.25, 0.3) is 5.91 Å². The van der Waals surface area contributed by atoms with Gasteiger partial charge in [0.15, 0.2) is 6.61 Å². The molecule has 2 aromatic rings. The molecule has 0 fully saturated rings. The van der Waals surface area contributed by atoms with Gasteiger partial charge in [-0.05, 0) is 40.8 Å². The molecule has 0 bridgehead atoms. The maximum Gasteiger partial charge on any atom is 0.341 e. The van der Waals surface area contributed by atoms with Crippen molar-refractivity contribution in [2.45, 2.75) is 0 Å². The Morgan fingerprint density at radius 3 is 2.75 bits per heavy atom. The molecule has 0 aliphatic heterocycles. The predicted octanol–water partition coefficient (Wildman–Crippen LogP) is 3.07. The predicted molar refractivity (Wildman–Crippen MR) is 84.6 cm³/mol. The van der Waals surface area contributed by atoms with Crippen LogP contribution in [0.15, 0.2) is 35.7 Å². The van der Waals surface area contributed by atoms with Crippen LogP contribution in [0.5, 0.6) is 5.75 Å². The number of thiophene rings is 1. The van der Waals surface area contributed by atoms with Gasteiger partial charge in [-0.15, -0.1) is 11.3 Å². The molecule has 0 saturated heterocycles. The molecule has 1 aromatic heterocycles. The molecule has 5 nitrogen and oxygen atoms in total. The first-order chi connectivity index (χ1) is 9.56. The number of carboxylic acids is 1. The molecule has 0 radical (unpaired) electrons. The molecule has 0 unspecified atom stereocenters. The maximum absolute atomic E-state index is 12.0. The molecule has 20 heavy (non-hydrogen) atoms. The van der Waals surface area contributed by atoms with E-state index in [1.807, 2.05) is 0 Å². The van der Waals surface area contributed by atoms with E-state index < -0.39 is 12.6 Å². The van der Waals surface area contributed by atoms with Gasteiger partial charge in [-0.3, -0.25) is 4.79 Å². The highest BCUT2D eigenvalue weighted by molar-refractivity contribution is 14.1. The summed E-state index contributed by atoms with van der Waals surface area (Å²) in [5.41, 5.74) is 1.01. The number of nitrogens with one attached hydrogen (secondary N) is 1. The summed E-state index contributed by atoms with van der Waals surface area (Å²) >= 11 is 3.62. The maximum atomic E-state index is 12.0. The van der Waals surface area contributed by atoms with Gasteiger partial charge in [0.2, 0.25) is 0 Å². The first-order valence-electron chi connectivity index (χ1n) is 5.55. The molecule has 1 amide bonds. The number of anilines is 1. The van der Waals surface area contributed by atoms with E-state index in [0.29, 0.717) is 17.0 Å². The first kappa shape index (κ1) is 14.8. The number of carboxylic acid groups (broad SMARTS) is 1. The Bertz CT molecular complexity index is 641. The number of para-hydroxylation sites is 2. The molecule has 2 rings (SSSR count). The Labute approximate surface area is 132 Å². The van der Waals surface area contributed by atoms with E-state index in [0.717, 1.165) is 2.88 Å². The van der Waals surface area contributed by atoms with Gasteiger partial charge in [-0.2, -0.15) is 0 Å². The molecule has 0 aliphatic carbocycles. The first-order valence-corrected chi connectivity index (χ1v) is 7.51. The third-order valence-corrected chi connectivity index (χ3v) is 4.11. The Hall–Kier alpha value is -1.61. The summed E-state index contributed by atoms with van der Waals surface area (Å²) in [6.07, 6.45) is 0. The third-order valence-electron chi connectivity index (χ3n) is 2.32. The number of hydrogen-bond acceptors (Lipinski definition) is 4. The van der Waals surface area contributed by atoms with E-state index in [1.165, 1.54) is 11.3 Å². The van der Waals surface area contributed by atoms with Crippen molar-refractivity contribution in [2.24, 2.45) is 0 Å². The topological polar surface area (TPSA) is 75.6 Å². The van der Waals surface area contributed by atoms with Crippen LogP contribution in [-0.2, 0) is 4.79 Å². The Morgan fingerprint density at radius 2 is 2.10 bits per heavy atom. The van der Waals surface area contributed by atoms with Crippen molar-refractivity contribution in [1.29, 1.82) is 0 Å². The van der Waals surface area contributed by atoms with Crippen LogP contribution in [0.25, 0.3) is 0 Å². The van der Waals surface area contributed by atoms with Crippen molar-refractivity contribution >= 4 is 51.5 Å². The molecular weight excluding hydrogens is 393 g/mol. The number of amides is 1. The highest BCUT2D eigenvalue weighted by Gasteiger charge is 2.11. The molecule has 1 aromatic carbocycles. The Balaban J connectivity index is 2.12. The van der Waals surface area contributed by atoms with E-state index in [2.05, 4.69) is 27.9 Å². The largest absolute Gasteiger partial charge is 0.480 e. The zero-order valence-electron chi connectivity index (χ0n) is 10.1. The van der Waals surface area contributed by atoms with Crippen molar-refractivity contribution in [1.82, 2.24) is 0 Å². The Kier molecular flexibility index (Phi) is 4.96. The lowest BCUT2D eigenvalue weighted by atomic mass is 10.2. The lowest BCUT2D eigenvalue weighted by molar-refractivity contribution is -0.139. The molecule has 2 N–H and O–H groups in total. The van der Waals surface area contributed by atoms with Crippen LogP contribution < -0.4 is 10.1 Å². The van der Waals surface area contributed by atoms with Crippen molar-refractivity contribution < 1.29 is 19.4 Å². The summed E-state index contributed by atoms with van der Waals surface area (Å²) in [5.74, 6) is -0.998. The third kappa shape index (κ3) is 3.94. The van der Waals surface area contributed by atoms with Crippen molar-refractivity contribution in [3.63, 3.8) is 0 Å². The fourth-order valence-corrected chi connectivity index (χ4v) is 2.79. The van der Waals surface area contributed by atoms with Crippen molar-refractivity contribution in [3.8, 4) is 5.75 Å².